The van der Waals surface area contributed by atoms with E-state index in [1.807, 2.05) is 41.1 Å². The molecule has 1 aromatic carbocycles. The highest BCUT2D eigenvalue weighted by atomic mass is 79.9. The van der Waals surface area contributed by atoms with E-state index in [-0.39, 0.29) is 11.8 Å². The average molecular weight is 368 g/mol. The van der Waals surface area contributed by atoms with Gasteiger partial charge in [0.1, 0.15) is 0 Å². The molecule has 120 valence electrons. The van der Waals surface area contributed by atoms with Crippen molar-refractivity contribution in [1.29, 1.82) is 0 Å². The van der Waals surface area contributed by atoms with Crippen LogP contribution in [0.2, 0.25) is 0 Å². The van der Waals surface area contributed by atoms with Crippen LogP contribution < -0.4 is 5.32 Å². The van der Waals surface area contributed by atoms with E-state index >= 15 is 0 Å². The molecule has 2 rings (SSSR count). The molecule has 1 aliphatic rings. The lowest BCUT2D eigenvalue weighted by Crippen LogP contribution is -2.50. The maximum Gasteiger partial charge on any atom is 0.253 e. The summed E-state index contributed by atoms with van der Waals surface area (Å²) >= 11 is 3.37. The molecule has 0 radical (unpaired) electrons. The minimum Gasteiger partial charge on any atom is -0.339 e. The first-order valence-corrected chi connectivity index (χ1v) is 8.38. The van der Waals surface area contributed by atoms with E-state index in [1.54, 1.807) is 0 Å². The average Bonchev–Trinajstić information content (AvgIpc) is 2.55. The summed E-state index contributed by atoms with van der Waals surface area (Å²) < 4.78 is 0.959. The third-order valence-corrected chi connectivity index (χ3v) is 4.36. The maximum atomic E-state index is 12.4. The van der Waals surface area contributed by atoms with Gasteiger partial charge in [0, 0.05) is 42.6 Å². The Morgan fingerprint density at radius 2 is 1.68 bits per heavy atom. The van der Waals surface area contributed by atoms with Crippen LogP contribution in [-0.4, -0.2) is 61.4 Å². The lowest BCUT2D eigenvalue weighted by atomic mass is 10.1. The molecular weight excluding hydrogens is 346 g/mol. The molecule has 0 bridgehead atoms. The van der Waals surface area contributed by atoms with Crippen molar-refractivity contribution in [3.05, 3.63) is 34.3 Å². The van der Waals surface area contributed by atoms with E-state index in [4.69, 9.17) is 0 Å². The Hall–Kier alpha value is -1.40. The van der Waals surface area contributed by atoms with E-state index in [1.165, 1.54) is 0 Å². The summed E-state index contributed by atoms with van der Waals surface area (Å²) in [4.78, 5) is 28.1. The monoisotopic (exact) mass is 367 g/mol. The van der Waals surface area contributed by atoms with E-state index in [2.05, 4.69) is 21.2 Å². The molecule has 0 saturated carbocycles. The van der Waals surface area contributed by atoms with E-state index < -0.39 is 0 Å². The predicted molar refractivity (Wildman–Crippen MR) is 89.8 cm³/mol. The number of nitrogens with one attached hydrogen (secondary N) is 1. The van der Waals surface area contributed by atoms with Crippen LogP contribution in [0.15, 0.2) is 28.7 Å². The number of amides is 2. The molecule has 22 heavy (non-hydrogen) atoms. The molecule has 1 N–H and O–H groups in total. The maximum absolute atomic E-state index is 12.4. The molecule has 0 spiro atoms. The number of halogens is 1. The van der Waals surface area contributed by atoms with Gasteiger partial charge in [-0.3, -0.25) is 9.59 Å². The fourth-order valence-electron chi connectivity index (χ4n) is 2.51. The summed E-state index contributed by atoms with van der Waals surface area (Å²) in [5.41, 5.74) is 0.692. The van der Waals surface area contributed by atoms with Gasteiger partial charge in [-0.2, -0.15) is 0 Å². The van der Waals surface area contributed by atoms with Crippen LogP contribution in [0.5, 0.6) is 0 Å². The standard InChI is InChI=1S/C16H22BrN3O2/c1-18-8-2-3-15(21)19-9-11-20(12-10-19)16(22)13-4-6-14(17)7-5-13/h4-7,18H,2-3,8-12H2,1H3. The highest BCUT2D eigenvalue weighted by molar-refractivity contribution is 9.10. The molecule has 1 saturated heterocycles. The Morgan fingerprint density at radius 3 is 2.27 bits per heavy atom. The third-order valence-electron chi connectivity index (χ3n) is 3.83. The van der Waals surface area contributed by atoms with Crippen molar-refractivity contribution in [3.8, 4) is 0 Å². The molecule has 6 heteroatoms. The molecule has 5 nitrogen and oxygen atoms in total. The fraction of sp³-hybridized carbons (Fsp3) is 0.500. The third kappa shape index (κ3) is 4.55. The Bertz CT molecular complexity index is 511. The predicted octanol–water partition coefficient (Wildman–Crippen LogP) is 1.73. The molecule has 0 unspecified atom stereocenters. The van der Waals surface area contributed by atoms with Gasteiger partial charge in [-0.05, 0) is 44.3 Å². The summed E-state index contributed by atoms with van der Waals surface area (Å²) in [5, 5.41) is 3.04. The van der Waals surface area contributed by atoms with Gasteiger partial charge in [-0.1, -0.05) is 15.9 Å². The number of carbonyl (C=O) groups is 2. The van der Waals surface area contributed by atoms with Crippen molar-refractivity contribution < 1.29 is 9.59 Å². The summed E-state index contributed by atoms with van der Waals surface area (Å²) in [5.74, 6) is 0.223. The Morgan fingerprint density at radius 1 is 1.09 bits per heavy atom. The number of hydrogen-bond donors (Lipinski definition) is 1. The number of rotatable bonds is 5. The second-order valence-corrected chi connectivity index (χ2v) is 6.30. The number of nitrogens with zero attached hydrogens (tertiary/aromatic N) is 2. The van der Waals surface area contributed by atoms with Crippen LogP contribution in [0.1, 0.15) is 23.2 Å². The number of carbonyl (C=O) groups excluding carboxylic acids is 2. The smallest absolute Gasteiger partial charge is 0.253 e. The molecule has 0 aliphatic carbocycles. The van der Waals surface area contributed by atoms with Gasteiger partial charge in [0.25, 0.3) is 5.91 Å². The summed E-state index contributed by atoms with van der Waals surface area (Å²) in [7, 11) is 1.89. The van der Waals surface area contributed by atoms with Crippen molar-refractivity contribution in [2.45, 2.75) is 12.8 Å². The van der Waals surface area contributed by atoms with Crippen molar-refractivity contribution in [1.82, 2.24) is 15.1 Å². The van der Waals surface area contributed by atoms with Crippen molar-refractivity contribution in [2.24, 2.45) is 0 Å². The number of hydrogen-bond acceptors (Lipinski definition) is 3. The van der Waals surface area contributed by atoms with Crippen LogP contribution in [-0.2, 0) is 4.79 Å². The van der Waals surface area contributed by atoms with Crippen LogP contribution in [0.25, 0.3) is 0 Å². The molecular formula is C16H22BrN3O2. The van der Waals surface area contributed by atoms with Gasteiger partial charge in [0.2, 0.25) is 5.91 Å². The van der Waals surface area contributed by atoms with Crippen LogP contribution >= 0.6 is 15.9 Å². The molecule has 1 aromatic rings. The van der Waals surface area contributed by atoms with Gasteiger partial charge < -0.3 is 15.1 Å². The normalized spacial score (nSPS) is 15.0. The van der Waals surface area contributed by atoms with E-state index in [0.29, 0.717) is 38.2 Å². The Labute approximate surface area is 139 Å². The minimum atomic E-state index is 0.0368. The lowest BCUT2D eigenvalue weighted by Gasteiger charge is -2.35. The van der Waals surface area contributed by atoms with Gasteiger partial charge in [0.05, 0.1) is 0 Å². The summed E-state index contributed by atoms with van der Waals surface area (Å²) in [6.45, 7) is 3.31. The largest absolute Gasteiger partial charge is 0.339 e. The number of piperazine rings is 1. The second kappa shape index (κ2) is 8.29. The highest BCUT2D eigenvalue weighted by Gasteiger charge is 2.24. The molecule has 0 aromatic heterocycles. The van der Waals surface area contributed by atoms with Gasteiger partial charge >= 0.3 is 0 Å². The zero-order valence-electron chi connectivity index (χ0n) is 12.8. The second-order valence-electron chi connectivity index (χ2n) is 5.39. The molecule has 1 fully saturated rings. The first kappa shape index (κ1) is 17.0. The van der Waals surface area contributed by atoms with Crippen LogP contribution in [0.4, 0.5) is 0 Å². The molecule has 1 aliphatic heterocycles. The van der Waals surface area contributed by atoms with Gasteiger partial charge in [0.15, 0.2) is 0 Å². The van der Waals surface area contributed by atoms with E-state index in [9.17, 15) is 9.59 Å². The first-order chi connectivity index (χ1) is 10.6. The molecule has 0 atom stereocenters. The lowest BCUT2D eigenvalue weighted by molar-refractivity contribution is -0.132. The van der Waals surface area contributed by atoms with Gasteiger partial charge in [-0.15, -0.1) is 0 Å². The summed E-state index contributed by atoms with van der Waals surface area (Å²) in [6, 6.07) is 7.38. The minimum absolute atomic E-state index is 0.0368. The zero-order chi connectivity index (χ0) is 15.9. The van der Waals surface area contributed by atoms with Gasteiger partial charge in [-0.25, -0.2) is 0 Å². The quantitative estimate of drug-likeness (QED) is 0.806. The Balaban J connectivity index is 1.82. The molecule has 2 amide bonds. The fourth-order valence-corrected chi connectivity index (χ4v) is 2.77. The van der Waals surface area contributed by atoms with Crippen molar-refractivity contribution >= 4 is 27.7 Å². The van der Waals surface area contributed by atoms with Crippen LogP contribution in [0.3, 0.4) is 0 Å². The topological polar surface area (TPSA) is 52.7 Å². The first-order valence-electron chi connectivity index (χ1n) is 7.59. The Kier molecular flexibility index (Phi) is 6.39. The van der Waals surface area contributed by atoms with Crippen molar-refractivity contribution in [2.75, 3.05) is 39.8 Å². The highest BCUT2D eigenvalue weighted by Crippen LogP contribution is 2.14. The van der Waals surface area contributed by atoms with Crippen LogP contribution in [0, 0.1) is 0 Å². The summed E-state index contributed by atoms with van der Waals surface area (Å²) in [6.07, 6.45) is 1.43. The molecule has 1 heterocycles. The number of benzene rings is 1. The zero-order valence-corrected chi connectivity index (χ0v) is 14.4. The van der Waals surface area contributed by atoms with E-state index in [0.717, 1.165) is 17.4 Å². The SMILES string of the molecule is CNCCCC(=O)N1CCN(C(=O)c2ccc(Br)cc2)CC1. The van der Waals surface area contributed by atoms with Crippen molar-refractivity contribution in [3.63, 3.8) is 0 Å².